The fourth-order valence-electron chi connectivity index (χ4n) is 11.7. The average Bonchev–Trinajstić information content (AvgIpc) is 3.84. The molecule has 2 amide bonds. The number of nitrogens with two attached hydrogens (primary N) is 4. The molecule has 5 aromatic rings. The van der Waals surface area contributed by atoms with Crippen molar-refractivity contribution < 1.29 is 73.8 Å². The highest BCUT2D eigenvalue weighted by Crippen LogP contribution is 2.35. The predicted octanol–water partition coefficient (Wildman–Crippen LogP) is -2.16. The van der Waals surface area contributed by atoms with Crippen molar-refractivity contribution >= 4 is 55.4 Å². The van der Waals surface area contributed by atoms with Crippen LogP contribution >= 0.6 is 0 Å². The van der Waals surface area contributed by atoms with Gasteiger partial charge in [0.25, 0.3) is 0 Å². The van der Waals surface area contributed by atoms with Crippen molar-refractivity contribution in [3.05, 3.63) is 71.8 Å². The number of ether oxygens (including phenoxy) is 6. The third-order valence-corrected chi connectivity index (χ3v) is 16.6. The Labute approximate surface area is 473 Å². The SMILES string of the molecule is N[C@H]1[C@H]2O[C@H]3[C@@H](O)[C@H](O[C@@H]4[C@@H](O)[C@H](N)C[C@H](N)[C@H]4O[C@H]4O[C@H](CNC(=O)CCCCCNCc5ccc6nc7ccc8cc9cc(ccc9nc8c7cc6c5)CNCCCCCC(=O)NC[C@H](O2)[C@@H](O)[C@@H]1O)[C@@H](O)[C@H](O)[C@H]4N)O[C@@H]3CO. The summed E-state index contributed by atoms with van der Waals surface area (Å²) in [6.07, 6.45) is -17.1. The predicted molar refractivity (Wildman–Crippen MR) is 299 cm³/mol. The molecule has 12 rings (SSSR count). The number of aliphatic hydroxyl groups is 7. The second-order valence-electron chi connectivity index (χ2n) is 22.6. The van der Waals surface area contributed by atoms with Gasteiger partial charge in [-0.05, 0) is 98.8 Å². The Balaban J connectivity index is 0.819. The van der Waals surface area contributed by atoms with Crippen LogP contribution in [-0.4, -0.2) is 207 Å². The molecule has 82 heavy (non-hydrogen) atoms. The van der Waals surface area contributed by atoms with Crippen LogP contribution in [0.3, 0.4) is 0 Å². The second kappa shape index (κ2) is 27.0. The van der Waals surface area contributed by atoms with Crippen LogP contribution in [0.15, 0.2) is 60.7 Å². The van der Waals surface area contributed by atoms with E-state index in [1.54, 1.807) is 0 Å². The van der Waals surface area contributed by atoms with Crippen molar-refractivity contribution in [2.45, 2.75) is 187 Å². The first-order valence-electron chi connectivity index (χ1n) is 28.7. The number of pyridine rings is 2. The van der Waals surface area contributed by atoms with Crippen LogP contribution < -0.4 is 44.2 Å². The average molecular weight is 1150 g/mol. The number of carbonyl (C=O) groups is 2. The van der Waals surface area contributed by atoms with Crippen LogP contribution in [0.25, 0.3) is 43.6 Å². The maximum atomic E-state index is 13.1. The molecular weight excluding hydrogens is 1060 g/mol. The Bertz CT molecular complexity index is 2990. The van der Waals surface area contributed by atoms with Gasteiger partial charge in [-0.15, -0.1) is 0 Å². The highest BCUT2D eigenvalue weighted by atomic mass is 16.8. The first-order valence-corrected chi connectivity index (χ1v) is 28.7. The van der Waals surface area contributed by atoms with Gasteiger partial charge in [0.15, 0.2) is 18.9 Å². The normalized spacial score (nSPS) is 37.0. The Kier molecular flexibility index (Phi) is 19.9. The van der Waals surface area contributed by atoms with E-state index in [1.807, 2.05) is 18.2 Å². The van der Waals surface area contributed by atoms with E-state index in [-0.39, 0.29) is 44.2 Å². The second-order valence-corrected chi connectivity index (χ2v) is 22.6. The molecule has 19 N–H and O–H groups in total. The molecule has 4 fully saturated rings. The van der Waals surface area contributed by atoms with Crippen molar-refractivity contribution in [1.82, 2.24) is 31.2 Å². The minimum Gasteiger partial charge on any atom is -0.394 e. The van der Waals surface area contributed by atoms with Crippen LogP contribution in [0.5, 0.6) is 0 Å². The number of hydrogen-bond donors (Lipinski definition) is 15. The number of nitrogens with one attached hydrogen (secondary N) is 4. The van der Waals surface area contributed by atoms with Gasteiger partial charge in [0.2, 0.25) is 11.8 Å². The minimum absolute atomic E-state index is 0.0203. The van der Waals surface area contributed by atoms with Crippen LogP contribution in [0.1, 0.15) is 68.9 Å². The van der Waals surface area contributed by atoms with Crippen LogP contribution in [-0.2, 0) is 51.1 Å². The minimum atomic E-state index is -1.72. The summed E-state index contributed by atoms with van der Waals surface area (Å²) >= 11 is 0. The molecule has 7 aliphatic rings. The van der Waals surface area contributed by atoms with Crippen molar-refractivity contribution in [1.29, 1.82) is 0 Å². The zero-order valence-electron chi connectivity index (χ0n) is 45.7. The Morgan fingerprint density at radius 3 is 1.62 bits per heavy atom. The van der Waals surface area contributed by atoms with Crippen molar-refractivity contribution in [2.75, 3.05) is 32.8 Å². The Morgan fingerprint density at radius 1 is 0.500 bits per heavy atom. The summed E-state index contributed by atoms with van der Waals surface area (Å²) in [5.74, 6) is -0.597. The summed E-state index contributed by atoms with van der Waals surface area (Å²) in [5.41, 5.74) is 31.2. The van der Waals surface area contributed by atoms with Crippen molar-refractivity contribution in [3.63, 3.8) is 0 Å². The summed E-state index contributed by atoms with van der Waals surface area (Å²) in [5, 5.41) is 94.2. The fourth-order valence-corrected chi connectivity index (χ4v) is 11.7. The lowest BCUT2D eigenvalue weighted by atomic mass is 9.84. The molecular formula is C57H80N10O15. The van der Waals surface area contributed by atoms with Gasteiger partial charge in [0.1, 0.15) is 67.1 Å². The number of aromatic nitrogens is 2. The van der Waals surface area contributed by atoms with Gasteiger partial charge in [0.05, 0.1) is 46.9 Å². The maximum Gasteiger partial charge on any atom is 0.220 e. The monoisotopic (exact) mass is 1140 g/mol. The largest absolute Gasteiger partial charge is 0.394 e. The molecule has 0 spiro atoms. The van der Waals surface area contributed by atoms with E-state index in [2.05, 4.69) is 63.7 Å². The molecule has 0 unspecified atom stereocenters. The summed E-state index contributed by atoms with van der Waals surface area (Å²) in [6, 6.07) is 16.3. The smallest absolute Gasteiger partial charge is 0.220 e. The number of hydrogen-bond acceptors (Lipinski definition) is 23. The van der Waals surface area contributed by atoms with Crippen LogP contribution in [0, 0.1) is 0 Å². The number of carbonyl (C=O) groups excluding carboxylic acids is 2. The molecule has 2 aromatic heterocycles. The highest BCUT2D eigenvalue weighted by molar-refractivity contribution is 6.10. The number of benzene rings is 3. The molecule has 25 nitrogen and oxygen atoms in total. The van der Waals surface area contributed by atoms with Gasteiger partial charge in [-0.25, -0.2) is 9.97 Å². The quantitative estimate of drug-likeness (QED) is 0.0628. The lowest BCUT2D eigenvalue weighted by Gasteiger charge is -2.47. The molecule has 19 atom stereocenters. The van der Waals surface area contributed by atoms with E-state index in [4.69, 9.17) is 61.3 Å². The lowest BCUT2D eigenvalue weighted by molar-refractivity contribution is -0.307. The standard InChI is InChI=1S/C57H80N10O15/c58-33-21-34(59)52-54(46(33)71)82-57-51(76)53(40(26-68)79-57)81-56-44(61)50(75)48(73)39(78-56)25-65-42(70)8-3-1-5-15-62-22-27-10-13-36-30(17-27)19-29-11-14-37-32(45(29)67-36)20-31-18-28(9-12-35(31)66-37)23-63-16-6-2-4-7-41(69)64-24-38-47(72)49(74)43(60)55(77-38)80-52/h9-14,17-20,33-34,38-40,43-44,46-57,62-63,68,71-76H,1-8,15-16,21-26,58-61H2,(H,64,69)(H,65,70)/t33-,34+,38-,39+,40-,43-,44-,46+,47-,48-,49-,50-,51-,52-,53-,54-,55-,56-,57+/m1/s1. The highest BCUT2D eigenvalue weighted by Gasteiger charge is 2.54. The van der Waals surface area contributed by atoms with Gasteiger partial charge >= 0.3 is 0 Å². The molecule has 6 aliphatic heterocycles. The Morgan fingerprint density at radius 2 is 1.04 bits per heavy atom. The Hall–Kier alpha value is -4.82. The molecule has 3 aromatic carbocycles. The first-order chi connectivity index (χ1) is 39.5. The molecule has 448 valence electrons. The zero-order valence-corrected chi connectivity index (χ0v) is 45.7. The maximum absolute atomic E-state index is 13.1. The summed E-state index contributed by atoms with van der Waals surface area (Å²) in [4.78, 5) is 36.2. The molecule has 3 saturated heterocycles. The molecule has 14 bridgehead atoms. The van der Waals surface area contributed by atoms with E-state index in [9.17, 15) is 45.3 Å². The molecule has 0 radical (unpaired) electrons. The van der Waals surface area contributed by atoms with Crippen molar-refractivity contribution in [2.24, 2.45) is 22.9 Å². The van der Waals surface area contributed by atoms with E-state index < -0.39 is 123 Å². The van der Waals surface area contributed by atoms with Crippen molar-refractivity contribution in [3.8, 4) is 0 Å². The molecule has 8 heterocycles. The lowest BCUT2D eigenvalue weighted by Crippen LogP contribution is -2.68. The zero-order chi connectivity index (χ0) is 57.8. The number of aliphatic hydroxyl groups excluding tert-OH is 7. The molecule has 1 aliphatic carbocycles. The molecule has 1 saturated carbocycles. The molecule has 25 heteroatoms. The van der Waals surface area contributed by atoms with Crippen LogP contribution in [0.4, 0.5) is 0 Å². The number of rotatable bonds is 1. The number of amides is 2. The van der Waals surface area contributed by atoms with Gasteiger partial charge in [0, 0.05) is 72.6 Å². The van der Waals surface area contributed by atoms with Crippen LogP contribution in [0.2, 0.25) is 0 Å². The first kappa shape index (κ1) is 60.3. The van der Waals surface area contributed by atoms with Gasteiger partial charge < -0.3 is 108 Å². The summed E-state index contributed by atoms with van der Waals surface area (Å²) in [6.45, 7) is 1.62. The van der Waals surface area contributed by atoms with Gasteiger partial charge in [-0.2, -0.15) is 0 Å². The summed E-state index contributed by atoms with van der Waals surface area (Å²) < 4.78 is 36.5. The number of fused-ring (bicyclic) bond motifs is 1. The topological polar surface area (TPSA) is 409 Å². The van der Waals surface area contributed by atoms with E-state index in [0.29, 0.717) is 25.9 Å². The van der Waals surface area contributed by atoms with Gasteiger partial charge in [-0.3, -0.25) is 9.59 Å². The van der Waals surface area contributed by atoms with E-state index >= 15 is 0 Å². The number of nitrogens with zero attached hydrogens (tertiary/aromatic N) is 2. The summed E-state index contributed by atoms with van der Waals surface area (Å²) in [7, 11) is 0. The third-order valence-electron chi connectivity index (χ3n) is 16.6. The van der Waals surface area contributed by atoms with E-state index in [1.165, 1.54) is 0 Å². The van der Waals surface area contributed by atoms with E-state index in [0.717, 1.165) is 93.5 Å². The fraction of sp³-hybridized carbons (Fsp3) is 0.614. The third kappa shape index (κ3) is 13.6. The van der Waals surface area contributed by atoms with Gasteiger partial charge in [-0.1, -0.05) is 31.0 Å².